The first-order chi connectivity index (χ1) is 28.5. The molecule has 0 aliphatic carbocycles. The van der Waals surface area contributed by atoms with Crippen molar-refractivity contribution in [3.05, 3.63) is 36.5 Å². The van der Waals surface area contributed by atoms with Gasteiger partial charge in [0.05, 0.1) is 39.9 Å². The summed E-state index contributed by atoms with van der Waals surface area (Å²) in [4.78, 5) is 25.4. The molecule has 2 N–H and O–H groups in total. The molecule has 0 fully saturated rings. The van der Waals surface area contributed by atoms with Crippen molar-refractivity contribution < 1.29 is 32.9 Å². The van der Waals surface area contributed by atoms with Crippen molar-refractivity contribution in [1.82, 2.24) is 5.32 Å². The number of aliphatic hydroxyl groups is 1. The van der Waals surface area contributed by atoms with Gasteiger partial charge >= 0.3 is 0 Å². The fourth-order valence-corrected chi connectivity index (χ4v) is 7.83. The third-order valence-electron chi connectivity index (χ3n) is 11.1. The van der Waals surface area contributed by atoms with Crippen LogP contribution in [0.25, 0.3) is 0 Å². The molecule has 0 bridgehead atoms. The fourth-order valence-electron chi connectivity index (χ4n) is 7.10. The van der Waals surface area contributed by atoms with E-state index in [1.165, 1.54) is 167 Å². The first kappa shape index (κ1) is 57.7. The zero-order chi connectivity index (χ0) is 43.6. The lowest BCUT2D eigenvalue weighted by molar-refractivity contribution is -0.870. The van der Waals surface area contributed by atoms with E-state index in [2.05, 4.69) is 43.5 Å². The first-order valence-corrected chi connectivity index (χ1v) is 26.3. The van der Waals surface area contributed by atoms with Crippen molar-refractivity contribution in [2.75, 3.05) is 40.9 Å². The number of unbranched alkanes of at least 4 members (excludes halogenated alkanes) is 28. The lowest BCUT2D eigenvalue weighted by atomic mass is 10.0. The minimum atomic E-state index is -4.60. The van der Waals surface area contributed by atoms with Gasteiger partial charge in [-0.3, -0.25) is 9.36 Å². The molecule has 3 atom stereocenters. The second kappa shape index (κ2) is 42.0. The number of phosphoric acid groups is 1. The van der Waals surface area contributed by atoms with E-state index >= 15 is 0 Å². The maximum Gasteiger partial charge on any atom is 0.268 e. The van der Waals surface area contributed by atoms with Crippen LogP contribution >= 0.6 is 7.82 Å². The molecule has 1 amide bonds. The molecule has 8 nitrogen and oxygen atoms in total. The highest BCUT2D eigenvalue weighted by molar-refractivity contribution is 7.45. The van der Waals surface area contributed by atoms with Gasteiger partial charge in [0.15, 0.2) is 0 Å². The molecule has 0 saturated heterocycles. The zero-order valence-corrected chi connectivity index (χ0v) is 40.4. The van der Waals surface area contributed by atoms with Crippen LogP contribution in [0.4, 0.5) is 0 Å². The first-order valence-electron chi connectivity index (χ1n) is 24.9. The third-order valence-corrected chi connectivity index (χ3v) is 12.0. The number of phosphoric ester groups is 1. The number of hydrogen-bond donors (Lipinski definition) is 2. The Kier molecular flexibility index (Phi) is 41.1. The van der Waals surface area contributed by atoms with Crippen LogP contribution in [0.1, 0.15) is 226 Å². The lowest BCUT2D eigenvalue weighted by Gasteiger charge is -2.29. The second-order valence-electron chi connectivity index (χ2n) is 18.2. The number of rotatable bonds is 45. The predicted molar refractivity (Wildman–Crippen MR) is 251 cm³/mol. The average molecular weight is 853 g/mol. The minimum absolute atomic E-state index is 0.00577. The third kappa shape index (κ3) is 44.6. The Morgan fingerprint density at radius 2 is 0.949 bits per heavy atom. The number of amides is 1. The maximum atomic E-state index is 12.9. The monoisotopic (exact) mass is 853 g/mol. The van der Waals surface area contributed by atoms with Crippen LogP contribution in [-0.2, 0) is 18.4 Å². The Morgan fingerprint density at radius 1 is 0.576 bits per heavy atom. The van der Waals surface area contributed by atoms with Gasteiger partial charge in [-0.15, -0.1) is 0 Å². The van der Waals surface area contributed by atoms with Crippen LogP contribution in [0.3, 0.4) is 0 Å². The molecule has 348 valence electrons. The smallest absolute Gasteiger partial charge is 0.268 e. The van der Waals surface area contributed by atoms with E-state index in [0.717, 1.165) is 38.5 Å². The maximum absolute atomic E-state index is 12.9. The van der Waals surface area contributed by atoms with Gasteiger partial charge in [-0.1, -0.05) is 198 Å². The van der Waals surface area contributed by atoms with E-state index in [-0.39, 0.29) is 12.5 Å². The molecule has 0 aromatic carbocycles. The van der Waals surface area contributed by atoms with E-state index in [1.54, 1.807) is 6.08 Å². The molecule has 0 aliphatic rings. The van der Waals surface area contributed by atoms with Gasteiger partial charge in [0, 0.05) is 6.42 Å². The molecule has 0 radical (unpaired) electrons. The molecule has 59 heavy (non-hydrogen) atoms. The number of allylic oxidation sites excluding steroid dienone is 5. The number of nitrogens with one attached hydrogen (secondary N) is 1. The zero-order valence-electron chi connectivity index (χ0n) is 39.5. The average Bonchev–Trinajstić information content (AvgIpc) is 3.19. The summed E-state index contributed by atoms with van der Waals surface area (Å²) in [5.41, 5.74) is 0. The number of likely N-dealkylation sites (N-methyl/N-ethyl adjacent to an activating group) is 1. The molecule has 9 heteroatoms. The topological polar surface area (TPSA) is 108 Å². The van der Waals surface area contributed by atoms with Crippen LogP contribution in [0.2, 0.25) is 0 Å². The van der Waals surface area contributed by atoms with Gasteiger partial charge in [-0.2, -0.15) is 0 Å². The normalized spacial score (nSPS) is 14.5. The van der Waals surface area contributed by atoms with Crippen molar-refractivity contribution in [3.63, 3.8) is 0 Å². The Balaban J connectivity index is 4.28. The summed E-state index contributed by atoms with van der Waals surface area (Å²) < 4.78 is 23.2. The summed E-state index contributed by atoms with van der Waals surface area (Å²) >= 11 is 0. The molecule has 0 spiro atoms. The van der Waals surface area contributed by atoms with Gasteiger partial charge < -0.3 is 28.8 Å². The van der Waals surface area contributed by atoms with Crippen molar-refractivity contribution in [1.29, 1.82) is 0 Å². The Labute approximate surface area is 366 Å². The van der Waals surface area contributed by atoms with Gasteiger partial charge in [0.2, 0.25) is 5.91 Å². The molecule has 0 heterocycles. The Bertz CT molecular complexity index is 1060. The summed E-state index contributed by atoms with van der Waals surface area (Å²) in [6.07, 6.45) is 52.0. The Hall–Kier alpha value is -1.28. The van der Waals surface area contributed by atoms with E-state index in [9.17, 15) is 19.4 Å². The van der Waals surface area contributed by atoms with Gasteiger partial charge in [0.1, 0.15) is 13.2 Å². The van der Waals surface area contributed by atoms with Crippen LogP contribution in [0.5, 0.6) is 0 Å². The van der Waals surface area contributed by atoms with Crippen molar-refractivity contribution in [3.8, 4) is 0 Å². The fraction of sp³-hybridized carbons (Fsp3) is 0.860. The number of nitrogens with zero attached hydrogens (tertiary/aromatic N) is 1. The van der Waals surface area contributed by atoms with Gasteiger partial charge in [0.25, 0.3) is 7.82 Å². The predicted octanol–water partition coefficient (Wildman–Crippen LogP) is 13.6. The molecule has 0 aromatic heterocycles. The quantitative estimate of drug-likeness (QED) is 0.0273. The highest BCUT2D eigenvalue weighted by atomic mass is 31.2. The van der Waals surface area contributed by atoms with E-state index < -0.39 is 26.6 Å². The van der Waals surface area contributed by atoms with Crippen molar-refractivity contribution >= 4 is 13.7 Å². The Morgan fingerprint density at radius 3 is 1.37 bits per heavy atom. The van der Waals surface area contributed by atoms with Crippen molar-refractivity contribution in [2.45, 2.75) is 238 Å². The van der Waals surface area contributed by atoms with Crippen molar-refractivity contribution in [2.24, 2.45) is 0 Å². The summed E-state index contributed by atoms with van der Waals surface area (Å²) in [7, 11) is 1.25. The number of hydrogen-bond acceptors (Lipinski definition) is 6. The molecule has 0 saturated carbocycles. The van der Waals surface area contributed by atoms with Crippen LogP contribution < -0.4 is 10.2 Å². The van der Waals surface area contributed by atoms with E-state index in [0.29, 0.717) is 17.4 Å². The van der Waals surface area contributed by atoms with Gasteiger partial charge in [-0.05, 0) is 57.8 Å². The van der Waals surface area contributed by atoms with E-state index in [1.807, 2.05) is 27.2 Å². The van der Waals surface area contributed by atoms with Gasteiger partial charge in [-0.25, -0.2) is 0 Å². The van der Waals surface area contributed by atoms with E-state index in [4.69, 9.17) is 9.05 Å². The summed E-state index contributed by atoms with van der Waals surface area (Å²) in [6, 6.07) is -0.901. The molecule has 0 rings (SSSR count). The number of carbonyl (C=O) groups excluding carboxylic acids is 1. The van der Waals surface area contributed by atoms with Crippen LogP contribution in [0.15, 0.2) is 36.5 Å². The summed E-state index contributed by atoms with van der Waals surface area (Å²) in [5, 5.41) is 13.8. The number of carbonyl (C=O) groups is 1. The molecular weight excluding hydrogens is 756 g/mol. The highest BCUT2D eigenvalue weighted by Gasteiger charge is 2.23. The summed E-state index contributed by atoms with van der Waals surface area (Å²) in [5.74, 6) is -0.207. The molecule has 0 aromatic rings. The summed E-state index contributed by atoms with van der Waals surface area (Å²) in [6.45, 7) is 4.62. The highest BCUT2D eigenvalue weighted by Crippen LogP contribution is 2.38. The SMILES string of the molecule is CCCCCCCC/C=C/CCCCCCCCCCCCCCCC(=O)N[C@@H](COP(=O)([O-])OCC[N+](C)(C)C)[C@H](O)/C=C/CC/C=C/CCCCCCCCCC. The lowest BCUT2D eigenvalue weighted by Crippen LogP contribution is -2.45. The standard InChI is InChI=1S/C50H97N2O6P/c1-6-8-10-12-14-16-18-20-22-23-24-25-26-27-28-29-30-32-34-36-38-40-42-44-50(54)51-48(47-58-59(55,56)57-46-45-52(3,4)5)49(53)43-41-39-37-35-33-31-21-19-17-15-13-11-9-7-2/h20,22,33,35,41,43,48-49,53H,6-19,21,23-32,34,36-40,42,44-47H2,1-5H3,(H-,51,54,55,56)/b22-20+,35-33+,43-41+/t48-,49+/m0/s1. The number of quaternary nitrogens is 1. The number of aliphatic hydroxyl groups excluding tert-OH is 1. The molecular formula is C50H97N2O6P. The second-order valence-corrected chi connectivity index (χ2v) is 19.6. The van der Waals surface area contributed by atoms with Crippen LogP contribution in [-0.4, -0.2) is 68.5 Å². The molecule has 1 unspecified atom stereocenters. The molecule has 0 aliphatic heterocycles. The van der Waals surface area contributed by atoms with Crippen LogP contribution in [0, 0.1) is 0 Å². The minimum Gasteiger partial charge on any atom is -0.756 e. The largest absolute Gasteiger partial charge is 0.756 e.